The Hall–Kier alpha value is -0.410. The highest BCUT2D eigenvalue weighted by molar-refractivity contribution is 7.11. The van der Waals surface area contributed by atoms with Crippen LogP contribution < -0.4 is 5.32 Å². The summed E-state index contributed by atoms with van der Waals surface area (Å²) in [5.74, 6) is 0. The third kappa shape index (κ3) is 5.64. The van der Waals surface area contributed by atoms with Gasteiger partial charge in [0, 0.05) is 23.0 Å². The van der Waals surface area contributed by atoms with E-state index in [-0.39, 0.29) is 5.41 Å². The van der Waals surface area contributed by atoms with Gasteiger partial charge in [-0.2, -0.15) is 0 Å². The zero-order valence-electron chi connectivity index (χ0n) is 12.1. The second kappa shape index (κ2) is 5.49. The Morgan fingerprint density at radius 2 is 1.82 bits per heavy atom. The molecule has 1 rings (SSSR count). The van der Waals surface area contributed by atoms with E-state index in [0.717, 1.165) is 13.1 Å². The predicted molar refractivity (Wildman–Crippen MR) is 76.6 cm³/mol. The summed E-state index contributed by atoms with van der Waals surface area (Å²) in [5, 5.41) is 4.72. The van der Waals surface area contributed by atoms with Crippen LogP contribution in [0.3, 0.4) is 0 Å². The molecule has 0 atom stereocenters. The first-order valence-electron chi connectivity index (χ1n) is 6.34. The molecule has 17 heavy (non-hydrogen) atoms. The summed E-state index contributed by atoms with van der Waals surface area (Å²) in [7, 11) is 0. The van der Waals surface area contributed by atoms with Crippen LogP contribution in [0.5, 0.6) is 0 Å². The Balaban J connectivity index is 2.36. The van der Waals surface area contributed by atoms with Crippen molar-refractivity contribution in [3.63, 3.8) is 0 Å². The molecule has 0 amide bonds. The standard InChI is InChI=1S/C14H26N2S/c1-13(2,3)7-8-15-9-11-10-16-12(17-11)14(4,5)6/h10,15H,7-9H2,1-6H3. The minimum atomic E-state index is 0.175. The van der Waals surface area contributed by atoms with Gasteiger partial charge in [-0.25, -0.2) is 4.98 Å². The molecular weight excluding hydrogens is 228 g/mol. The SMILES string of the molecule is CC(C)(C)CCNCc1cnc(C(C)(C)C)s1. The smallest absolute Gasteiger partial charge is 0.0981 e. The third-order valence-corrected chi connectivity index (χ3v) is 3.97. The van der Waals surface area contributed by atoms with Gasteiger partial charge in [-0.05, 0) is 18.4 Å². The highest BCUT2D eigenvalue weighted by Crippen LogP contribution is 2.26. The lowest BCUT2D eigenvalue weighted by Gasteiger charge is -2.17. The van der Waals surface area contributed by atoms with Gasteiger partial charge in [0.2, 0.25) is 0 Å². The maximum atomic E-state index is 4.49. The largest absolute Gasteiger partial charge is 0.312 e. The van der Waals surface area contributed by atoms with Crippen LogP contribution in [0.25, 0.3) is 0 Å². The third-order valence-electron chi connectivity index (χ3n) is 2.55. The second-order valence-corrected chi connectivity index (χ2v) is 7.98. The minimum absolute atomic E-state index is 0.175. The maximum absolute atomic E-state index is 4.49. The van der Waals surface area contributed by atoms with Crippen molar-refractivity contribution in [3.05, 3.63) is 16.1 Å². The summed E-state index contributed by atoms with van der Waals surface area (Å²) in [6.45, 7) is 15.5. The first kappa shape index (κ1) is 14.7. The van der Waals surface area contributed by atoms with Crippen molar-refractivity contribution in [2.24, 2.45) is 5.41 Å². The Labute approximate surface area is 110 Å². The molecule has 1 N–H and O–H groups in total. The second-order valence-electron chi connectivity index (χ2n) is 6.87. The molecule has 0 spiro atoms. The molecule has 0 saturated carbocycles. The van der Waals surface area contributed by atoms with Gasteiger partial charge >= 0.3 is 0 Å². The van der Waals surface area contributed by atoms with E-state index in [2.05, 4.69) is 51.8 Å². The Morgan fingerprint density at radius 3 is 2.29 bits per heavy atom. The van der Waals surface area contributed by atoms with Gasteiger partial charge in [-0.3, -0.25) is 0 Å². The van der Waals surface area contributed by atoms with Crippen molar-refractivity contribution in [3.8, 4) is 0 Å². The molecule has 0 unspecified atom stereocenters. The molecule has 1 aromatic heterocycles. The number of hydrogen-bond donors (Lipinski definition) is 1. The van der Waals surface area contributed by atoms with Crippen LogP contribution in [0.15, 0.2) is 6.20 Å². The molecule has 0 saturated heterocycles. The van der Waals surface area contributed by atoms with Crippen LogP contribution in [-0.2, 0) is 12.0 Å². The summed E-state index contributed by atoms with van der Waals surface area (Å²) in [6.07, 6.45) is 3.22. The molecule has 3 heteroatoms. The van der Waals surface area contributed by atoms with Crippen LogP contribution in [0.4, 0.5) is 0 Å². The molecule has 0 aromatic carbocycles. The average molecular weight is 254 g/mol. The van der Waals surface area contributed by atoms with Crippen LogP contribution in [0, 0.1) is 5.41 Å². The van der Waals surface area contributed by atoms with Crippen LogP contribution in [0.2, 0.25) is 0 Å². The lowest BCUT2D eigenvalue weighted by Crippen LogP contribution is -2.19. The van der Waals surface area contributed by atoms with Crippen molar-refractivity contribution in [1.82, 2.24) is 10.3 Å². The first-order chi connectivity index (χ1) is 7.68. The molecule has 0 aliphatic heterocycles. The van der Waals surface area contributed by atoms with E-state index in [1.165, 1.54) is 16.3 Å². The van der Waals surface area contributed by atoms with E-state index in [1.807, 2.05) is 17.5 Å². The molecule has 0 aliphatic carbocycles. The molecular formula is C14H26N2S. The number of thiazole rings is 1. The Bertz CT molecular complexity index is 342. The fourth-order valence-electron chi connectivity index (χ4n) is 1.41. The lowest BCUT2D eigenvalue weighted by molar-refractivity contribution is 0.367. The van der Waals surface area contributed by atoms with Gasteiger partial charge in [0.05, 0.1) is 5.01 Å². The van der Waals surface area contributed by atoms with Crippen molar-refractivity contribution in [1.29, 1.82) is 0 Å². The molecule has 0 radical (unpaired) electrons. The summed E-state index contributed by atoms with van der Waals surface area (Å²) in [6, 6.07) is 0. The van der Waals surface area contributed by atoms with E-state index >= 15 is 0 Å². The molecule has 98 valence electrons. The number of nitrogens with zero attached hydrogens (tertiary/aromatic N) is 1. The minimum Gasteiger partial charge on any atom is -0.312 e. The lowest BCUT2D eigenvalue weighted by atomic mass is 9.92. The van der Waals surface area contributed by atoms with E-state index in [9.17, 15) is 0 Å². The van der Waals surface area contributed by atoms with Gasteiger partial charge in [-0.15, -0.1) is 11.3 Å². The van der Waals surface area contributed by atoms with Gasteiger partial charge in [-0.1, -0.05) is 41.5 Å². The molecule has 1 heterocycles. The van der Waals surface area contributed by atoms with Crippen molar-refractivity contribution in [2.75, 3.05) is 6.54 Å². The Morgan fingerprint density at radius 1 is 1.18 bits per heavy atom. The monoisotopic (exact) mass is 254 g/mol. The van der Waals surface area contributed by atoms with Crippen LogP contribution in [-0.4, -0.2) is 11.5 Å². The van der Waals surface area contributed by atoms with E-state index in [4.69, 9.17) is 0 Å². The van der Waals surface area contributed by atoms with E-state index in [1.54, 1.807) is 0 Å². The predicted octanol–water partition coefficient (Wildman–Crippen LogP) is 3.97. The first-order valence-corrected chi connectivity index (χ1v) is 7.16. The van der Waals surface area contributed by atoms with Gasteiger partial charge in [0.15, 0.2) is 0 Å². The molecule has 0 fully saturated rings. The van der Waals surface area contributed by atoms with Crippen molar-refractivity contribution < 1.29 is 0 Å². The summed E-state index contributed by atoms with van der Waals surface area (Å²) in [4.78, 5) is 5.83. The quantitative estimate of drug-likeness (QED) is 0.823. The molecule has 0 aliphatic rings. The summed E-state index contributed by atoms with van der Waals surface area (Å²) >= 11 is 1.82. The average Bonchev–Trinajstić information content (AvgIpc) is 2.58. The summed E-state index contributed by atoms with van der Waals surface area (Å²) < 4.78 is 0. The fourth-order valence-corrected chi connectivity index (χ4v) is 2.35. The van der Waals surface area contributed by atoms with Crippen LogP contribution in [0.1, 0.15) is 57.8 Å². The number of aromatic nitrogens is 1. The normalized spacial score (nSPS) is 13.1. The van der Waals surface area contributed by atoms with E-state index in [0.29, 0.717) is 5.41 Å². The van der Waals surface area contributed by atoms with Crippen LogP contribution >= 0.6 is 11.3 Å². The number of rotatable bonds is 4. The maximum Gasteiger partial charge on any atom is 0.0981 e. The zero-order valence-corrected chi connectivity index (χ0v) is 12.9. The highest BCUT2D eigenvalue weighted by Gasteiger charge is 2.17. The topological polar surface area (TPSA) is 24.9 Å². The molecule has 1 aromatic rings. The van der Waals surface area contributed by atoms with Gasteiger partial charge in [0.25, 0.3) is 0 Å². The fraction of sp³-hybridized carbons (Fsp3) is 0.786. The number of hydrogen-bond acceptors (Lipinski definition) is 3. The zero-order chi connectivity index (χ0) is 13.1. The molecule has 0 bridgehead atoms. The van der Waals surface area contributed by atoms with Crippen molar-refractivity contribution >= 4 is 11.3 Å². The van der Waals surface area contributed by atoms with Crippen molar-refractivity contribution in [2.45, 2.75) is 59.9 Å². The molecule has 2 nitrogen and oxygen atoms in total. The summed E-state index contributed by atoms with van der Waals surface area (Å²) in [5.41, 5.74) is 0.589. The number of nitrogens with one attached hydrogen (secondary N) is 1. The van der Waals surface area contributed by atoms with Gasteiger partial charge in [0.1, 0.15) is 0 Å². The Kier molecular flexibility index (Phi) is 4.73. The van der Waals surface area contributed by atoms with Gasteiger partial charge < -0.3 is 5.32 Å². The van der Waals surface area contributed by atoms with E-state index < -0.39 is 0 Å². The highest BCUT2D eigenvalue weighted by atomic mass is 32.1.